The molecular formula is C22H36N2O2S. The van der Waals surface area contributed by atoms with Crippen LogP contribution in [0.5, 0.6) is 5.75 Å². The monoisotopic (exact) mass is 392 g/mol. The third kappa shape index (κ3) is 5.89. The number of likely N-dealkylation sites (N-methyl/N-ethyl adjacent to an activating group) is 1. The van der Waals surface area contributed by atoms with Crippen molar-refractivity contribution in [2.75, 3.05) is 39.0 Å². The number of carbonyl (C=O) groups is 1. The number of piperazine rings is 1. The fourth-order valence-corrected chi connectivity index (χ4v) is 4.22. The van der Waals surface area contributed by atoms with E-state index in [1.54, 1.807) is 11.8 Å². The zero-order chi connectivity index (χ0) is 20.4. The first-order chi connectivity index (χ1) is 12.4. The molecule has 0 saturated carbocycles. The largest absolute Gasteiger partial charge is 0.507 e. The number of phenolic OH excluding ortho intramolecular Hbond substituents is 1. The van der Waals surface area contributed by atoms with Crippen LogP contribution in [-0.2, 0) is 15.6 Å². The zero-order valence-electron chi connectivity index (χ0n) is 18.1. The van der Waals surface area contributed by atoms with Crippen LogP contribution in [0.3, 0.4) is 0 Å². The quantitative estimate of drug-likeness (QED) is 0.778. The molecule has 1 heterocycles. The third-order valence-electron chi connectivity index (χ3n) is 5.14. The molecule has 2 rings (SSSR count). The van der Waals surface area contributed by atoms with Crippen LogP contribution < -0.4 is 0 Å². The van der Waals surface area contributed by atoms with Crippen molar-refractivity contribution in [2.24, 2.45) is 0 Å². The van der Waals surface area contributed by atoms with Crippen LogP contribution in [0.4, 0.5) is 0 Å². The lowest BCUT2D eigenvalue weighted by Crippen LogP contribution is -2.47. The Morgan fingerprint density at radius 2 is 1.48 bits per heavy atom. The summed E-state index contributed by atoms with van der Waals surface area (Å²) in [5, 5.41) is 10.8. The molecule has 27 heavy (non-hydrogen) atoms. The number of nitrogens with zero attached hydrogens (tertiary/aromatic N) is 2. The van der Waals surface area contributed by atoms with Gasteiger partial charge < -0.3 is 14.9 Å². The summed E-state index contributed by atoms with van der Waals surface area (Å²) in [6.45, 7) is 16.3. The number of aromatic hydroxyl groups is 1. The molecule has 1 fully saturated rings. The van der Waals surface area contributed by atoms with Crippen LogP contribution in [0.25, 0.3) is 0 Å². The Labute approximate surface area is 169 Å². The second-order valence-corrected chi connectivity index (χ2v) is 10.8. The molecule has 0 spiro atoms. The van der Waals surface area contributed by atoms with E-state index in [9.17, 15) is 9.90 Å². The standard InChI is InChI=1S/C22H36N2O2S/c1-21(2,3)17-14-16(15-18(20(17)26)22(4,5)6)27-13-8-19(25)24-11-9-23(7)10-12-24/h14-15,26H,8-13H2,1-7H3. The topological polar surface area (TPSA) is 43.8 Å². The lowest BCUT2D eigenvalue weighted by atomic mass is 9.79. The van der Waals surface area contributed by atoms with E-state index in [0.29, 0.717) is 12.2 Å². The summed E-state index contributed by atoms with van der Waals surface area (Å²) in [4.78, 5) is 17.8. The van der Waals surface area contributed by atoms with E-state index in [1.165, 1.54) is 0 Å². The van der Waals surface area contributed by atoms with Crippen molar-refractivity contribution in [3.63, 3.8) is 0 Å². The SMILES string of the molecule is CN1CCN(C(=O)CCSc2cc(C(C)(C)C)c(O)c(C(C)(C)C)c2)CC1. The minimum Gasteiger partial charge on any atom is -0.507 e. The summed E-state index contributed by atoms with van der Waals surface area (Å²) in [5.74, 6) is 1.43. The summed E-state index contributed by atoms with van der Waals surface area (Å²) in [6.07, 6.45) is 0.560. The maximum atomic E-state index is 12.5. The number of thioether (sulfide) groups is 1. The number of amides is 1. The first-order valence-electron chi connectivity index (χ1n) is 9.86. The molecule has 1 aliphatic heterocycles. The van der Waals surface area contributed by atoms with Crippen LogP contribution in [0.15, 0.2) is 17.0 Å². The van der Waals surface area contributed by atoms with Gasteiger partial charge in [-0.05, 0) is 30.0 Å². The van der Waals surface area contributed by atoms with Gasteiger partial charge in [0.1, 0.15) is 5.75 Å². The average Bonchev–Trinajstić information content (AvgIpc) is 2.54. The molecule has 0 unspecified atom stereocenters. The molecular weight excluding hydrogens is 356 g/mol. The van der Waals surface area contributed by atoms with E-state index in [-0.39, 0.29) is 16.7 Å². The minimum atomic E-state index is -0.129. The Hall–Kier alpha value is -1.20. The second kappa shape index (κ2) is 8.44. The van der Waals surface area contributed by atoms with Crippen molar-refractivity contribution >= 4 is 17.7 Å². The number of rotatable bonds is 4. The number of benzene rings is 1. The molecule has 5 heteroatoms. The minimum absolute atomic E-state index is 0.129. The van der Waals surface area contributed by atoms with Crippen molar-refractivity contribution in [3.05, 3.63) is 23.3 Å². The molecule has 1 aliphatic rings. The van der Waals surface area contributed by atoms with E-state index >= 15 is 0 Å². The lowest BCUT2D eigenvalue weighted by Gasteiger charge is -2.32. The smallest absolute Gasteiger partial charge is 0.223 e. The van der Waals surface area contributed by atoms with E-state index < -0.39 is 0 Å². The van der Waals surface area contributed by atoms with Gasteiger partial charge in [0, 0.05) is 54.4 Å². The molecule has 0 aromatic heterocycles. The van der Waals surface area contributed by atoms with E-state index in [1.807, 2.05) is 4.90 Å². The maximum absolute atomic E-state index is 12.5. The number of carbonyl (C=O) groups excluding carboxylic acids is 1. The molecule has 1 amide bonds. The first-order valence-corrected chi connectivity index (χ1v) is 10.9. The molecule has 1 aromatic carbocycles. The van der Waals surface area contributed by atoms with Gasteiger partial charge in [-0.3, -0.25) is 4.79 Å². The normalized spacial score (nSPS) is 16.6. The Balaban J connectivity index is 2.08. The van der Waals surface area contributed by atoms with Crippen molar-refractivity contribution in [1.29, 1.82) is 0 Å². The molecule has 1 N–H and O–H groups in total. The number of phenols is 1. The highest BCUT2D eigenvalue weighted by molar-refractivity contribution is 7.99. The number of hydrogen-bond acceptors (Lipinski definition) is 4. The molecule has 0 atom stereocenters. The highest BCUT2D eigenvalue weighted by Crippen LogP contribution is 2.41. The maximum Gasteiger partial charge on any atom is 0.223 e. The van der Waals surface area contributed by atoms with Gasteiger partial charge in [-0.2, -0.15) is 0 Å². The predicted octanol–water partition coefficient (Wildman–Crippen LogP) is 4.24. The highest BCUT2D eigenvalue weighted by Gasteiger charge is 2.26. The van der Waals surface area contributed by atoms with Gasteiger partial charge in [-0.25, -0.2) is 0 Å². The van der Waals surface area contributed by atoms with Gasteiger partial charge >= 0.3 is 0 Å². The van der Waals surface area contributed by atoms with Gasteiger partial charge in [-0.15, -0.1) is 11.8 Å². The highest BCUT2D eigenvalue weighted by atomic mass is 32.2. The molecule has 0 aliphatic carbocycles. The van der Waals surface area contributed by atoms with Crippen molar-refractivity contribution < 1.29 is 9.90 Å². The summed E-state index contributed by atoms with van der Waals surface area (Å²) in [5.41, 5.74) is 1.69. The van der Waals surface area contributed by atoms with Gasteiger partial charge in [0.2, 0.25) is 5.91 Å². The van der Waals surface area contributed by atoms with Crippen LogP contribution in [0.1, 0.15) is 59.1 Å². The van der Waals surface area contributed by atoms with Crippen LogP contribution in [-0.4, -0.2) is 59.8 Å². The Morgan fingerprint density at radius 3 is 1.93 bits per heavy atom. The third-order valence-corrected chi connectivity index (χ3v) is 6.12. The van der Waals surface area contributed by atoms with E-state index in [0.717, 1.165) is 48.0 Å². The molecule has 152 valence electrons. The van der Waals surface area contributed by atoms with Crippen molar-refractivity contribution in [2.45, 2.75) is 63.7 Å². The lowest BCUT2D eigenvalue weighted by molar-refractivity contribution is -0.132. The van der Waals surface area contributed by atoms with Gasteiger partial charge in [0.05, 0.1) is 0 Å². The fourth-order valence-electron chi connectivity index (χ4n) is 3.30. The van der Waals surface area contributed by atoms with Crippen LogP contribution in [0, 0.1) is 0 Å². The molecule has 0 radical (unpaired) electrons. The Morgan fingerprint density at radius 1 is 1.00 bits per heavy atom. The van der Waals surface area contributed by atoms with Crippen LogP contribution in [0.2, 0.25) is 0 Å². The average molecular weight is 393 g/mol. The van der Waals surface area contributed by atoms with E-state index in [2.05, 4.69) is 65.6 Å². The molecule has 0 bridgehead atoms. The Bertz CT molecular complexity index is 631. The summed E-state index contributed by atoms with van der Waals surface area (Å²) in [7, 11) is 2.10. The summed E-state index contributed by atoms with van der Waals surface area (Å²) in [6, 6.07) is 4.19. The van der Waals surface area contributed by atoms with Gasteiger partial charge in [0.15, 0.2) is 0 Å². The van der Waals surface area contributed by atoms with Gasteiger partial charge in [-0.1, -0.05) is 41.5 Å². The molecule has 1 aromatic rings. The van der Waals surface area contributed by atoms with E-state index in [4.69, 9.17) is 0 Å². The van der Waals surface area contributed by atoms with Gasteiger partial charge in [0.25, 0.3) is 0 Å². The second-order valence-electron chi connectivity index (χ2n) is 9.65. The molecule has 4 nitrogen and oxygen atoms in total. The fraction of sp³-hybridized carbons (Fsp3) is 0.682. The zero-order valence-corrected chi connectivity index (χ0v) is 18.9. The predicted molar refractivity (Wildman–Crippen MR) is 115 cm³/mol. The molecule has 1 saturated heterocycles. The van der Waals surface area contributed by atoms with Crippen LogP contribution >= 0.6 is 11.8 Å². The Kier molecular flexibility index (Phi) is 6.91. The van der Waals surface area contributed by atoms with Crippen molar-refractivity contribution in [3.8, 4) is 5.75 Å². The number of hydrogen-bond donors (Lipinski definition) is 1. The van der Waals surface area contributed by atoms with Crippen molar-refractivity contribution in [1.82, 2.24) is 9.80 Å². The summed E-state index contributed by atoms with van der Waals surface area (Å²) < 4.78 is 0. The summed E-state index contributed by atoms with van der Waals surface area (Å²) >= 11 is 1.71. The first kappa shape index (κ1) is 22.1.